The third kappa shape index (κ3) is 5.03. The number of anilines is 1. The lowest BCUT2D eigenvalue weighted by Gasteiger charge is -2.35. The first-order valence-corrected chi connectivity index (χ1v) is 10.7. The van der Waals surface area contributed by atoms with Crippen LogP contribution >= 0.6 is 0 Å². The minimum Gasteiger partial charge on any atom is -0.479 e. The summed E-state index contributed by atoms with van der Waals surface area (Å²) in [6.07, 6.45) is -1.15. The van der Waals surface area contributed by atoms with Gasteiger partial charge in [-0.25, -0.2) is 13.2 Å². The van der Waals surface area contributed by atoms with Crippen LogP contribution in [0.1, 0.15) is 17.3 Å². The second-order valence-electron chi connectivity index (χ2n) is 8.22. The highest BCUT2D eigenvalue weighted by atomic mass is 19.1. The van der Waals surface area contributed by atoms with E-state index in [1.54, 1.807) is 12.1 Å². The number of nitrogens with one attached hydrogen (secondary N) is 2. The lowest BCUT2D eigenvalue weighted by atomic mass is 10.1. The molecule has 2 unspecified atom stereocenters. The molecule has 6 nitrogen and oxygen atoms in total. The van der Waals surface area contributed by atoms with Gasteiger partial charge < -0.3 is 25.3 Å². The summed E-state index contributed by atoms with van der Waals surface area (Å²) in [5, 5.41) is 10.4. The molecule has 0 spiro atoms. The zero-order valence-corrected chi connectivity index (χ0v) is 18.2. The maximum absolute atomic E-state index is 15.1. The predicted octanol–water partition coefficient (Wildman–Crippen LogP) is 3.66. The largest absolute Gasteiger partial charge is 0.479 e. The van der Waals surface area contributed by atoms with Gasteiger partial charge in [0.15, 0.2) is 6.17 Å². The maximum atomic E-state index is 15.1. The number of halogens is 3. The molecule has 0 saturated carbocycles. The number of piperazine rings is 1. The van der Waals surface area contributed by atoms with Crippen LogP contribution in [0.5, 0.6) is 0 Å². The number of hydrogen-bond donors (Lipinski definition) is 2. The highest BCUT2D eigenvalue weighted by molar-refractivity contribution is 6.05. The summed E-state index contributed by atoms with van der Waals surface area (Å²) in [4.78, 5) is 17.1. The quantitative estimate of drug-likeness (QED) is 0.394. The van der Waals surface area contributed by atoms with Gasteiger partial charge in [0.1, 0.15) is 23.4 Å². The number of alkyl halides is 1. The van der Waals surface area contributed by atoms with Crippen molar-refractivity contribution in [3.63, 3.8) is 0 Å². The Kier molecular flexibility index (Phi) is 6.69. The van der Waals surface area contributed by atoms with Crippen molar-refractivity contribution < 1.29 is 22.7 Å². The van der Waals surface area contributed by atoms with Crippen molar-refractivity contribution in [1.29, 1.82) is 5.41 Å². The van der Waals surface area contributed by atoms with Crippen LogP contribution in [0.4, 0.5) is 18.9 Å². The summed E-state index contributed by atoms with van der Waals surface area (Å²) in [7, 11) is 1.97. The monoisotopic (exact) mass is 458 g/mol. The topological polar surface area (TPSA) is 68.7 Å². The third-order valence-corrected chi connectivity index (χ3v) is 5.91. The summed E-state index contributed by atoms with van der Waals surface area (Å²) in [6, 6.07) is 9.68. The van der Waals surface area contributed by atoms with E-state index in [-0.39, 0.29) is 23.6 Å². The molecule has 1 fully saturated rings. The van der Waals surface area contributed by atoms with Gasteiger partial charge in [-0.1, -0.05) is 24.3 Å². The van der Waals surface area contributed by atoms with Crippen LogP contribution < -0.4 is 5.32 Å². The van der Waals surface area contributed by atoms with Crippen molar-refractivity contribution in [2.45, 2.75) is 18.7 Å². The average Bonchev–Trinajstić information content (AvgIpc) is 3.09. The van der Waals surface area contributed by atoms with Crippen molar-refractivity contribution in [2.75, 3.05) is 38.5 Å². The van der Waals surface area contributed by atoms with Crippen LogP contribution in [-0.2, 0) is 16.0 Å². The Balaban J connectivity index is 1.65. The van der Waals surface area contributed by atoms with E-state index in [1.165, 1.54) is 0 Å². The molecule has 2 aromatic rings. The van der Waals surface area contributed by atoms with Crippen LogP contribution in [-0.4, -0.2) is 61.3 Å². The maximum Gasteiger partial charge on any atom is 0.293 e. The van der Waals surface area contributed by atoms with Gasteiger partial charge in [-0.2, -0.15) is 0 Å². The fraction of sp³-hybridized carbons (Fsp3) is 0.333. The van der Waals surface area contributed by atoms with Crippen LogP contribution in [0.2, 0.25) is 0 Å². The second-order valence-corrected chi connectivity index (χ2v) is 8.22. The number of fused-ring (bicyclic) bond motifs is 1. The molecule has 1 heterocycles. The number of nitrogens with zero attached hydrogens (tertiary/aromatic N) is 2. The number of allylic oxidation sites excluding steroid dienone is 1. The Labute approximate surface area is 190 Å². The van der Waals surface area contributed by atoms with Crippen molar-refractivity contribution in [2.24, 2.45) is 0 Å². The highest BCUT2D eigenvalue weighted by Gasteiger charge is 2.37. The Hall–Kier alpha value is -3.33. The standard InChI is InChI=1S/C24H25F3N4O2/c1-30-6-8-31(9-7-30)20(14-28)23(24(32)29-18-12-16(25)11-17(26)13-18)33-21-10-15-4-2-3-5-19(15)22(21)27/h2-5,11-14,21-22,28H,6-10H2,1H3,(H,29,32)/b23-20-,28-14?. The minimum absolute atomic E-state index is 0.104. The van der Waals surface area contributed by atoms with Gasteiger partial charge in [0.25, 0.3) is 5.91 Å². The van der Waals surface area contributed by atoms with Crippen LogP contribution in [0.15, 0.2) is 53.9 Å². The Bertz CT molecular complexity index is 1060. The molecule has 9 heteroatoms. The first-order valence-electron chi connectivity index (χ1n) is 10.7. The number of benzene rings is 2. The predicted molar refractivity (Wildman–Crippen MR) is 119 cm³/mol. The van der Waals surface area contributed by atoms with E-state index in [0.717, 1.165) is 23.9 Å². The molecule has 4 rings (SSSR count). The summed E-state index contributed by atoms with van der Waals surface area (Å²) in [6.45, 7) is 2.50. The summed E-state index contributed by atoms with van der Waals surface area (Å²) >= 11 is 0. The van der Waals surface area contributed by atoms with E-state index in [9.17, 15) is 13.6 Å². The fourth-order valence-electron chi connectivity index (χ4n) is 4.15. The molecule has 0 bridgehead atoms. The highest BCUT2D eigenvalue weighted by Crippen LogP contribution is 2.37. The first-order chi connectivity index (χ1) is 15.9. The van der Waals surface area contributed by atoms with Gasteiger partial charge in [-0.15, -0.1) is 0 Å². The van der Waals surface area contributed by atoms with E-state index in [1.807, 2.05) is 24.1 Å². The van der Waals surface area contributed by atoms with E-state index in [4.69, 9.17) is 10.1 Å². The Morgan fingerprint density at radius 3 is 2.42 bits per heavy atom. The van der Waals surface area contributed by atoms with Gasteiger partial charge in [-0.05, 0) is 30.3 Å². The molecule has 2 N–H and O–H groups in total. The summed E-state index contributed by atoms with van der Waals surface area (Å²) < 4.78 is 48.3. The number of likely N-dealkylation sites (N-methyl/N-ethyl adjacent to an activating group) is 1. The smallest absolute Gasteiger partial charge is 0.293 e. The van der Waals surface area contributed by atoms with Crippen molar-refractivity contribution in [3.05, 3.63) is 76.7 Å². The van der Waals surface area contributed by atoms with Gasteiger partial charge in [0.05, 0.1) is 0 Å². The molecule has 0 radical (unpaired) electrons. The van der Waals surface area contributed by atoms with E-state index < -0.39 is 29.8 Å². The number of amides is 1. The molecule has 2 atom stereocenters. The SMILES string of the molecule is CN1CCN(/C(C=N)=C(\OC2Cc3ccccc3C2F)C(=O)Nc2cc(F)cc(F)c2)CC1. The summed E-state index contributed by atoms with van der Waals surface area (Å²) in [5.41, 5.74) is 1.39. The molecule has 0 aromatic heterocycles. The zero-order chi connectivity index (χ0) is 23.5. The number of rotatable bonds is 6. The average molecular weight is 458 g/mol. The molecule has 1 saturated heterocycles. The molecule has 1 aliphatic carbocycles. The van der Waals surface area contributed by atoms with Gasteiger partial charge in [0.2, 0.25) is 5.76 Å². The van der Waals surface area contributed by atoms with E-state index >= 15 is 4.39 Å². The normalized spacial score (nSPS) is 21.3. The Morgan fingerprint density at radius 1 is 1.12 bits per heavy atom. The molecular weight excluding hydrogens is 433 g/mol. The van der Waals surface area contributed by atoms with Crippen molar-refractivity contribution in [3.8, 4) is 0 Å². The second kappa shape index (κ2) is 9.66. The lowest BCUT2D eigenvalue weighted by Crippen LogP contribution is -2.45. The number of hydrogen-bond acceptors (Lipinski definition) is 5. The molecule has 2 aromatic carbocycles. The van der Waals surface area contributed by atoms with Gasteiger partial charge in [0, 0.05) is 50.6 Å². The van der Waals surface area contributed by atoms with Gasteiger partial charge in [-0.3, -0.25) is 4.79 Å². The molecular formula is C24H25F3N4O2. The van der Waals surface area contributed by atoms with Gasteiger partial charge >= 0.3 is 0 Å². The van der Waals surface area contributed by atoms with Crippen LogP contribution in [0, 0.1) is 17.0 Å². The summed E-state index contributed by atoms with van der Waals surface area (Å²) in [5.74, 6) is -2.75. The van der Waals surface area contributed by atoms with Crippen LogP contribution in [0.25, 0.3) is 0 Å². The Morgan fingerprint density at radius 2 is 1.79 bits per heavy atom. The van der Waals surface area contributed by atoms with Crippen molar-refractivity contribution >= 4 is 17.8 Å². The number of carbonyl (C=O) groups is 1. The fourth-order valence-corrected chi connectivity index (χ4v) is 4.15. The van der Waals surface area contributed by atoms with Crippen LogP contribution in [0.3, 0.4) is 0 Å². The lowest BCUT2D eigenvalue weighted by molar-refractivity contribution is -0.118. The van der Waals surface area contributed by atoms with E-state index in [0.29, 0.717) is 37.8 Å². The molecule has 1 aliphatic heterocycles. The number of ether oxygens (including phenoxy) is 1. The molecule has 1 amide bonds. The van der Waals surface area contributed by atoms with E-state index in [2.05, 4.69) is 10.2 Å². The molecule has 174 valence electrons. The third-order valence-electron chi connectivity index (χ3n) is 5.91. The number of carbonyl (C=O) groups excluding carboxylic acids is 1. The molecule has 2 aliphatic rings. The first kappa shape index (κ1) is 22.8. The zero-order valence-electron chi connectivity index (χ0n) is 18.2. The molecule has 33 heavy (non-hydrogen) atoms. The van der Waals surface area contributed by atoms with Crippen molar-refractivity contribution in [1.82, 2.24) is 9.80 Å². The minimum atomic E-state index is -1.45.